The van der Waals surface area contributed by atoms with Gasteiger partial charge in [0.05, 0.1) is 11.7 Å². The van der Waals surface area contributed by atoms with Gasteiger partial charge in [0.2, 0.25) is 0 Å². The van der Waals surface area contributed by atoms with E-state index < -0.39 is 12.2 Å². The first-order valence-corrected chi connectivity index (χ1v) is 5.46. The molecule has 1 aromatic carbocycles. The Morgan fingerprint density at radius 1 is 1.19 bits per heavy atom. The lowest BCUT2D eigenvalue weighted by Crippen LogP contribution is -2.33. The van der Waals surface area contributed by atoms with Gasteiger partial charge in [-0.05, 0) is 25.0 Å². The number of hydrogen-bond acceptors (Lipinski definition) is 3. The highest BCUT2D eigenvalue weighted by Crippen LogP contribution is 2.13. The van der Waals surface area contributed by atoms with Crippen molar-refractivity contribution in [3.63, 3.8) is 0 Å². The molecule has 1 aromatic rings. The van der Waals surface area contributed by atoms with Gasteiger partial charge < -0.3 is 9.84 Å². The number of ether oxygens (including phenoxy) is 1. The Morgan fingerprint density at radius 3 is 2.19 bits per heavy atom. The molecule has 1 rings (SSSR count). The van der Waals surface area contributed by atoms with Gasteiger partial charge in [0.25, 0.3) is 0 Å². The van der Waals surface area contributed by atoms with Crippen LogP contribution in [0.5, 0.6) is 0 Å². The number of rotatable bonds is 4. The standard InChI is InChI=1S/C13H18O3/c1-9(2)12(10(3)14)16-13(15)11-7-5-4-6-8-11/h4-10,12,14H,1-3H3/t10-,12+/m0/s1. The predicted octanol–water partition coefficient (Wildman–Crippen LogP) is 2.25. The van der Waals surface area contributed by atoms with Crippen molar-refractivity contribution in [2.45, 2.75) is 33.0 Å². The van der Waals surface area contributed by atoms with E-state index >= 15 is 0 Å². The number of esters is 1. The van der Waals surface area contributed by atoms with Crippen molar-refractivity contribution in [2.24, 2.45) is 5.92 Å². The van der Waals surface area contributed by atoms with Crippen molar-refractivity contribution < 1.29 is 14.6 Å². The lowest BCUT2D eigenvalue weighted by molar-refractivity contribution is -0.0307. The van der Waals surface area contributed by atoms with Gasteiger partial charge in [0, 0.05) is 0 Å². The molecule has 3 heteroatoms. The van der Waals surface area contributed by atoms with Gasteiger partial charge in [-0.3, -0.25) is 0 Å². The van der Waals surface area contributed by atoms with Gasteiger partial charge >= 0.3 is 5.97 Å². The molecule has 0 amide bonds. The van der Waals surface area contributed by atoms with Crippen LogP contribution in [0.1, 0.15) is 31.1 Å². The van der Waals surface area contributed by atoms with Gasteiger partial charge in [0.1, 0.15) is 6.10 Å². The van der Waals surface area contributed by atoms with Crippen molar-refractivity contribution >= 4 is 5.97 Å². The maximum absolute atomic E-state index is 11.7. The molecule has 16 heavy (non-hydrogen) atoms. The fourth-order valence-corrected chi connectivity index (χ4v) is 1.56. The maximum atomic E-state index is 11.7. The molecular formula is C13H18O3. The highest BCUT2D eigenvalue weighted by atomic mass is 16.6. The van der Waals surface area contributed by atoms with Crippen molar-refractivity contribution in [1.82, 2.24) is 0 Å². The lowest BCUT2D eigenvalue weighted by atomic mass is 10.0. The second-order valence-electron chi connectivity index (χ2n) is 4.22. The quantitative estimate of drug-likeness (QED) is 0.795. The third-order valence-electron chi connectivity index (χ3n) is 2.39. The minimum atomic E-state index is -0.660. The Labute approximate surface area is 96.1 Å². The largest absolute Gasteiger partial charge is 0.456 e. The summed E-state index contributed by atoms with van der Waals surface area (Å²) in [6.45, 7) is 5.45. The molecule has 0 heterocycles. The lowest BCUT2D eigenvalue weighted by Gasteiger charge is -2.23. The maximum Gasteiger partial charge on any atom is 0.338 e. The summed E-state index contributed by atoms with van der Waals surface area (Å²) in [6, 6.07) is 8.79. The van der Waals surface area contributed by atoms with Crippen LogP contribution in [0.2, 0.25) is 0 Å². The summed E-state index contributed by atoms with van der Waals surface area (Å²) in [5.74, 6) is -0.298. The Morgan fingerprint density at radius 2 is 1.75 bits per heavy atom. The van der Waals surface area contributed by atoms with E-state index in [-0.39, 0.29) is 11.9 Å². The van der Waals surface area contributed by atoms with E-state index in [9.17, 15) is 9.90 Å². The summed E-state index contributed by atoms with van der Waals surface area (Å²) in [4.78, 5) is 11.7. The molecule has 0 aliphatic rings. The normalized spacial score (nSPS) is 14.6. The van der Waals surface area contributed by atoms with E-state index in [1.54, 1.807) is 31.2 Å². The average Bonchev–Trinajstić information content (AvgIpc) is 2.25. The second kappa shape index (κ2) is 5.66. The highest BCUT2D eigenvalue weighted by molar-refractivity contribution is 5.89. The molecule has 0 fully saturated rings. The van der Waals surface area contributed by atoms with Crippen LogP contribution >= 0.6 is 0 Å². The SMILES string of the molecule is CC(C)[C@@H](OC(=O)c1ccccc1)[C@H](C)O. The van der Waals surface area contributed by atoms with Gasteiger partial charge in [-0.2, -0.15) is 0 Å². The Balaban J connectivity index is 2.70. The van der Waals surface area contributed by atoms with E-state index in [1.807, 2.05) is 19.9 Å². The number of benzene rings is 1. The van der Waals surface area contributed by atoms with Crippen LogP contribution in [0.3, 0.4) is 0 Å². The smallest absolute Gasteiger partial charge is 0.338 e. The first-order valence-electron chi connectivity index (χ1n) is 5.46. The van der Waals surface area contributed by atoms with Crippen LogP contribution in [-0.2, 0) is 4.74 Å². The minimum absolute atomic E-state index is 0.0904. The average molecular weight is 222 g/mol. The van der Waals surface area contributed by atoms with Gasteiger partial charge in [0.15, 0.2) is 0 Å². The monoisotopic (exact) mass is 222 g/mol. The third kappa shape index (κ3) is 3.35. The van der Waals surface area contributed by atoms with Gasteiger partial charge in [-0.25, -0.2) is 4.79 Å². The zero-order chi connectivity index (χ0) is 12.1. The van der Waals surface area contributed by atoms with E-state index in [1.165, 1.54) is 0 Å². The topological polar surface area (TPSA) is 46.5 Å². The molecule has 0 saturated heterocycles. The molecule has 0 aromatic heterocycles. The molecule has 0 saturated carbocycles. The summed E-state index contributed by atoms with van der Waals surface area (Å²) >= 11 is 0. The molecule has 0 radical (unpaired) electrons. The predicted molar refractivity (Wildman–Crippen MR) is 62.2 cm³/mol. The summed E-state index contributed by atoms with van der Waals surface area (Å²) in [5, 5.41) is 9.50. The van der Waals surface area contributed by atoms with Crippen LogP contribution in [0.25, 0.3) is 0 Å². The third-order valence-corrected chi connectivity index (χ3v) is 2.39. The molecule has 0 spiro atoms. The first kappa shape index (κ1) is 12.7. The molecule has 1 N–H and O–H groups in total. The Hall–Kier alpha value is -1.35. The van der Waals surface area contributed by atoms with E-state index in [0.29, 0.717) is 5.56 Å². The molecule has 0 unspecified atom stereocenters. The summed E-state index contributed by atoms with van der Waals surface area (Å²) in [6.07, 6.45) is -1.12. The van der Waals surface area contributed by atoms with Crippen molar-refractivity contribution in [3.05, 3.63) is 35.9 Å². The zero-order valence-corrected chi connectivity index (χ0v) is 9.88. The number of aliphatic hydroxyl groups is 1. The Bertz CT molecular complexity index is 322. The molecule has 2 atom stereocenters. The first-order chi connectivity index (χ1) is 7.52. The van der Waals surface area contributed by atoms with Crippen LogP contribution in [0.4, 0.5) is 0 Å². The molecule has 3 nitrogen and oxygen atoms in total. The molecule has 88 valence electrons. The number of carbonyl (C=O) groups excluding carboxylic acids is 1. The van der Waals surface area contributed by atoms with E-state index in [2.05, 4.69) is 0 Å². The Kier molecular flexibility index (Phi) is 4.50. The highest BCUT2D eigenvalue weighted by Gasteiger charge is 2.23. The molecule has 0 aliphatic carbocycles. The van der Waals surface area contributed by atoms with Crippen LogP contribution in [0.15, 0.2) is 30.3 Å². The van der Waals surface area contributed by atoms with Crippen molar-refractivity contribution in [3.8, 4) is 0 Å². The molecule has 0 bridgehead atoms. The summed E-state index contributed by atoms with van der Waals surface area (Å²) < 4.78 is 5.27. The van der Waals surface area contributed by atoms with Crippen molar-refractivity contribution in [1.29, 1.82) is 0 Å². The van der Waals surface area contributed by atoms with E-state index in [4.69, 9.17) is 4.74 Å². The fourth-order valence-electron chi connectivity index (χ4n) is 1.56. The molecule has 0 aliphatic heterocycles. The number of carbonyl (C=O) groups is 1. The summed E-state index contributed by atoms with van der Waals surface area (Å²) in [5.41, 5.74) is 0.508. The van der Waals surface area contributed by atoms with Gasteiger partial charge in [-0.15, -0.1) is 0 Å². The van der Waals surface area contributed by atoms with Crippen LogP contribution < -0.4 is 0 Å². The zero-order valence-electron chi connectivity index (χ0n) is 9.88. The molecular weight excluding hydrogens is 204 g/mol. The summed E-state index contributed by atoms with van der Waals surface area (Å²) in [7, 11) is 0. The minimum Gasteiger partial charge on any atom is -0.456 e. The van der Waals surface area contributed by atoms with Crippen LogP contribution in [0, 0.1) is 5.92 Å². The van der Waals surface area contributed by atoms with Crippen molar-refractivity contribution in [2.75, 3.05) is 0 Å². The second-order valence-corrected chi connectivity index (χ2v) is 4.22. The number of aliphatic hydroxyl groups excluding tert-OH is 1. The fraction of sp³-hybridized carbons (Fsp3) is 0.462. The van der Waals surface area contributed by atoms with E-state index in [0.717, 1.165) is 0 Å². The van der Waals surface area contributed by atoms with Gasteiger partial charge in [-0.1, -0.05) is 32.0 Å². The van der Waals surface area contributed by atoms with Crippen LogP contribution in [-0.4, -0.2) is 23.3 Å². The number of hydrogen-bond donors (Lipinski definition) is 1.